The second kappa shape index (κ2) is 5.40. The minimum atomic E-state index is -0.375. The van der Waals surface area contributed by atoms with Gasteiger partial charge in [-0.2, -0.15) is 0 Å². The summed E-state index contributed by atoms with van der Waals surface area (Å²) in [5.41, 5.74) is 7.97. The lowest BCUT2D eigenvalue weighted by Gasteiger charge is -2.30. The lowest BCUT2D eigenvalue weighted by molar-refractivity contribution is 0.100. The maximum absolute atomic E-state index is 11.4. The lowest BCUT2D eigenvalue weighted by atomic mass is 9.99. The maximum Gasteiger partial charge on any atom is 0.250 e. The number of hydrogen-bond acceptors (Lipinski definition) is 3. The number of amides is 1. The number of nitrogens with two attached hydrogens (primary N) is 1. The Morgan fingerprint density at radius 2 is 2.28 bits per heavy atom. The molecule has 1 aromatic carbocycles. The van der Waals surface area contributed by atoms with Gasteiger partial charge in [-0.3, -0.25) is 4.79 Å². The van der Waals surface area contributed by atoms with E-state index in [0.29, 0.717) is 17.6 Å². The fourth-order valence-electron chi connectivity index (χ4n) is 2.48. The van der Waals surface area contributed by atoms with Crippen molar-refractivity contribution in [1.29, 1.82) is 0 Å². The van der Waals surface area contributed by atoms with E-state index in [4.69, 9.17) is 5.73 Å². The van der Waals surface area contributed by atoms with Gasteiger partial charge in [0.2, 0.25) is 0 Å². The Morgan fingerprint density at radius 1 is 1.50 bits per heavy atom. The molecule has 1 heterocycles. The number of anilines is 1. The van der Waals surface area contributed by atoms with Crippen molar-refractivity contribution in [3.8, 4) is 0 Å². The zero-order chi connectivity index (χ0) is 13.1. The topological polar surface area (TPSA) is 67.2 Å². The second-order valence-corrected chi connectivity index (χ2v) is 5.13. The first-order valence-electron chi connectivity index (χ1n) is 6.46. The first kappa shape index (κ1) is 12.9. The summed E-state index contributed by atoms with van der Waals surface area (Å²) in [7, 11) is 0. The second-order valence-electron chi connectivity index (χ2n) is 5.13. The molecular weight excluding hydrogens is 226 g/mol. The summed E-state index contributed by atoms with van der Waals surface area (Å²) in [4.78, 5) is 11.4. The molecule has 1 aliphatic heterocycles. The van der Waals surface area contributed by atoms with Crippen LogP contribution in [0.2, 0.25) is 0 Å². The Balaban J connectivity index is 2.16. The first-order chi connectivity index (χ1) is 8.56. The molecule has 98 valence electrons. The van der Waals surface area contributed by atoms with Crippen LogP contribution in [0.1, 0.15) is 35.7 Å². The predicted molar refractivity (Wildman–Crippen MR) is 73.8 cm³/mol. The standard InChI is InChI=1S/C14H21N3O/c1-9-3-4-12(14(15)18)13(7-9)17-11-5-6-16-10(2)8-11/h3-4,7,10-11,16-17H,5-6,8H2,1-2H3,(H2,15,18). The number of carbonyl (C=O) groups is 1. The molecule has 4 heteroatoms. The molecule has 4 N–H and O–H groups in total. The van der Waals surface area contributed by atoms with Gasteiger partial charge >= 0.3 is 0 Å². The van der Waals surface area contributed by atoms with Crippen molar-refractivity contribution in [3.63, 3.8) is 0 Å². The zero-order valence-corrected chi connectivity index (χ0v) is 11.0. The highest BCUT2D eigenvalue weighted by Gasteiger charge is 2.19. The highest BCUT2D eigenvalue weighted by atomic mass is 16.1. The van der Waals surface area contributed by atoms with Crippen molar-refractivity contribution < 1.29 is 4.79 Å². The quantitative estimate of drug-likeness (QED) is 0.760. The van der Waals surface area contributed by atoms with Gasteiger partial charge in [-0.25, -0.2) is 0 Å². The summed E-state index contributed by atoms with van der Waals surface area (Å²) >= 11 is 0. The molecule has 18 heavy (non-hydrogen) atoms. The third kappa shape index (κ3) is 3.01. The van der Waals surface area contributed by atoms with E-state index >= 15 is 0 Å². The molecule has 0 radical (unpaired) electrons. The molecule has 2 unspecified atom stereocenters. The Labute approximate surface area is 108 Å². The van der Waals surface area contributed by atoms with Crippen LogP contribution >= 0.6 is 0 Å². The average Bonchev–Trinajstić information content (AvgIpc) is 2.28. The summed E-state index contributed by atoms with van der Waals surface area (Å²) in [5, 5.41) is 6.88. The fourth-order valence-corrected chi connectivity index (χ4v) is 2.48. The molecule has 2 rings (SSSR count). The Kier molecular flexibility index (Phi) is 3.87. The van der Waals surface area contributed by atoms with E-state index in [1.807, 2.05) is 19.1 Å². The largest absolute Gasteiger partial charge is 0.382 e. The molecule has 0 saturated carbocycles. The molecule has 4 nitrogen and oxygen atoms in total. The van der Waals surface area contributed by atoms with Crippen molar-refractivity contribution in [2.24, 2.45) is 5.73 Å². The van der Waals surface area contributed by atoms with E-state index in [0.717, 1.165) is 30.6 Å². The summed E-state index contributed by atoms with van der Waals surface area (Å²) < 4.78 is 0. The molecule has 0 aliphatic carbocycles. The Hall–Kier alpha value is -1.55. The number of benzene rings is 1. The van der Waals surface area contributed by atoms with E-state index in [9.17, 15) is 4.79 Å². The smallest absolute Gasteiger partial charge is 0.250 e. The van der Waals surface area contributed by atoms with Crippen LogP contribution in [0.3, 0.4) is 0 Å². The van der Waals surface area contributed by atoms with E-state index in [1.165, 1.54) is 0 Å². The maximum atomic E-state index is 11.4. The zero-order valence-electron chi connectivity index (χ0n) is 11.0. The number of nitrogens with one attached hydrogen (secondary N) is 2. The van der Waals surface area contributed by atoms with Gasteiger partial charge in [0.25, 0.3) is 5.91 Å². The van der Waals surface area contributed by atoms with Gasteiger partial charge < -0.3 is 16.4 Å². The van der Waals surface area contributed by atoms with E-state index in [-0.39, 0.29) is 5.91 Å². The predicted octanol–water partition coefficient (Wildman–Crippen LogP) is 1.65. The molecule has 0 aromatic heterocycles. The number of rotatable bonds is 3. The highest BCUT2D eigenvalue weighted by molar-refractivity contribution is 5.98. The lowest BCUT2D eigenvalue weighted by Crippen LogP contribution is -2.41. The molecule has 1 aliphatic rings. The molecule has 1 saturated heterocycles. The SMILES string of the molecule is Cc1ccc(C(N)=O)c(NC2CCNC(C)C2)c1. The van der Waals surface area contributed by atoms with Crippen LogP contribution in [0.25, 0.3) is 0 Å². The molecule has 1 amide bonds. The van der Waals surface area contributed by atoms with Crippen LogP contribution < -0.4 is 16.4 Å². The van der Waals surface area contributed by atoms with Crippen LogP contribution in [0.5, 0.6) is 0 Å². The van der Waals surface area contributed by atoms with Crippen LogP contribution in [0, 0.1) is 6.92 Å². The summed E-state index contributed by atoms with van der Waals surface area (Å²) in [6.07, 6.45) is 2.13. The molecule has 1 aromatic rings. The van der Waals surface area contributed by atoms with Gasteiger partial charge in [-0.1, -0.05) is 6.07 Å². The third-order valence-corrected chi connectivity index (χ3v) is 3.42. The van der Waals surface area contributed by atoms with Crippen LogP contribution in [0.4, 0.5) is 5.69 Å². The molecule has 0 spiro atoms. The summed E-state index contributed by atoms with van der Waals surface area (Å²) in [6.45, 7) is 5.20. The van der Waals surface area contributed by atoms with Crippen molar-refractivity contribution >= 4 is 11.6 Å². The van der Waals surface area contributed by atoms with Gasteiger partial charge in [-0.05, 0) is 50.9 Å². The van der Waals surface area contributed by atoms with Crippen LogP contribution in [-0.4, -0.2) is 24.5 Å². The van der Waals surface area contributed by atoms with E-state index in [1.54, 1.807) is 6.07 Å². The van der Waals surface area contributed by atoms with Crippen molar-refractivity contribution in [1.82, 2.24) is 5.32 Å². The van der Waals surface area contributed by atoms with Gasteiger partial charge in [0.05, 0.1) is 5.56 Å². The van der Waals surface area contributed by atoms with Crippen molar-refractivity contribution in [2.45, 2.75) is 38.8 Å². The normalized spacial score (nSPS) is 23.7. The Bertz CT molecular complexity index is 445. The number of piperidine rings is 1. The monoisotopic (exact) mass is 247 g/mol. The fraction of sp³-hybridized carbons (Fsp3) is 0.500. The Morgan fingerprint density at radius 3 is 2.94 bits per heavy atom. The van der Waals surface area contributed by atoms with Gasteiger partial charge in [0.1, 0.15) is 0 Å². The third-order valence-electron chi connectivity index (χ3n) is 3.42. The van der Waals surface area contributed by atoms with Crippen molar-refractivity contribution in [2.75, 3.05) is 11.9 Å². The number of hydrogen-bond donors (Lipinski definition) is 3. The van der Waals surface area contributed by atoms with Gasteiger partial charge in [0, 0.05) is 17.8 Å². The van der Waals surface area contributed by atoms with Crippen LogP contribution in [0.15, 0.2) is 18.2 Å². The van der Waals surface area contributed by atoms with Crippen molar-refractivity contribution in [3.05, 3.63) is 29.3 Å². The number of aryl methyl sites for hydroxylation is 1. The summed E-state index contributed by atoms with van der Waals surface area (Å²) in [5.74, 6) is -0.375. The first-order valence-corrected chi connectivity index (χ1v) is 6.46. The minimum Gasteiger partial charge on any atom is -0.382 e. The number of primary amides is 1. The van der Waals surface area contributed by atoms with Crippen LogP contribution in [-0.2, 0) is 0 Å². The van der Waals surface area contributed by atoms with E-state index in [2.05, 4.69) is 17.6 Å². The average molecular weight is 247 g/mol. The molecular formula is C14H21N3O. The molecule has 2 atom stereocenters. The minimum absolute atomic E-state index is 0.375. The molecule has 0 bridgehead atoms. The summed E-state index contributed by atoms with van der Waals surface area (Å²) in [6, 6.07) is 6.62. The highest BCUT2D eigenvalue weighted by Crippen LogP contribution is 2.21. The van der Waals surface area contributed by atoms with Gasteiger partial charge in [-0.15, -0.1) is 0 Å². The number of carbonyl (C=O) groups excluding carboxylic acids is 1. The van der Waals surface area contributed by atoms with Gasteiger partial charge in [0.15, 0.2) is 0 Å². The van der Waals surface area contributed by atoms with E-state index < -0.39 is 0 Å². The molecule has 1 fully saturated rings.